The highest BCUT2D eigenvalue weighted by Crippen LogP contribution is 2.36. The van der Waals surface area contributed by atoms with Gasteiger partial charge in [-0.1, -0.05) is 41.9 Å². The van der Waals surface area contributed by atoms with Crippen LogP contribution in [0.3, 0.4) is 0 Å². The van der Waals surface area contributed by atoms with Gasteiger partial charge in [0.15, 0.2) is 0 Å². The highest BCUT2D eigenvalue weighted by molar-refractivity contribution is 6.31. The lowest BCUT2D eigenvalue weighted by Crippen LogP contribution is -2.40. The molecule has 2 amide bonds. The zero-order valence-electron chi connectivity index (χ0n) is 27.6. The Bertz CT molecular complexity index is 1870. The Balaban J connectivity index is 0.000000160. The molecule has 51 heavy (non-hydrogen) atoms. The fourth-order valence-corrected chi connectivity index (χ4v) is 7.34. The highest BCUT2D eigenvalue weighted by atomic mass is 35.5. The summed E-state index contributed by atoms with van der Waals surface area (Å²) in [7, 11) is 0. The van der Waals surface area contributed by atoms with Crippen molar-refractivity contribution in [1.82, 2.24) is 15.6 Å². The number of hydrogen-bond acceptors (Lipinski definition) is 7. The normalized spacial score (nSPS) is 24.5. The number of fused-ring (bicyclic) bond motifs is 4. The summed E-state index contributed by atoms with van der Waals surface area (Å²) in [6, 6.07) is 25.1. The molecular weight excluding hydrogens is 683 g/mol. The van der Waals surface area contributed by atoms with E-state index in [1.54, 1.807) is 36.4 Å². The van der Waals surface area contributed by atoms with Gasteiger partial charge in [-0.15, -0.1) is 0 Å². The van der Waals surface area contributed by atoms with E-state index in [1.165, 1.54) is 11.6 Å². The number of rotatable bonds is 8. The molecule has 8 rings (SSSR count). The number of halogens is 4. The lowest BCUT2D eigenvalue weighted by molar-refractivity contribution is -0.141. The van der Waals surface area contributed by atoms with Gasteiger partial charge in [0, 0.05) is 71.7 Å². The summed E-state index contributed by atoms with van der Waals surface area (Å²) in [6.45, 7) is 3.30. The number of nitrogens with zero attached hydrogens (tertiary/aromatic N) is 1. The molecule has 0 saturated carbocycles. The molecule has 1 aromatic heterocycles. The monoisotopic (exact) mass is 719 g/mol. The Hall–Kier alpha value is -4.33. The number of ether oxygens (including phenoxy) is 2. The summed E-state index contributed by atoms with van der Waals surface area (Å²) in [5, 5.41) is 13.0. The fourth-order valence-electron chi connectivity index (χ4n) is 7.15. The Morgan fingerprint density at radius 3 is 1.69 bits per heavy atom. The first-order chi connectivity index (χ1) is 24.4. The number of morpholine rings is 2. The number of nitrogens with one attached hydrogen (secondary N) is 4. The first kappa shape index (κ1) is 35.1. The maximum atomic E-state index is 12.7. The first-order valence-corrected chi connectivity index (χ1v) is 17.2. The molecule has 3 aromatic carbocycles. The van der Waals surface area contributed by atoms with E-state index in [1.807, 2.05) is 24.3 Å². The molecule has 4 N–H and O–H groups in total. The van der Waals surface area contributed by atoms with Crippen LogP contribution in [0.2, 0.25) is 5.02 Å². The number of amides is 2. The molecule has 5 heterocycles. The van der Waals surface area contributed by atoms with E-state index in [4.69, 9.17) is 21.1 Å². The molecule has 4 aliphatic rings. The van der Waals surface area contributed by atoms with Crippen LogP contribution in [0.5, 0.6) is 0 Å². The van der Waals surface area contributed by atoms with Gasteiger partial charge >= 0.3 is 6.18 Å². The van der Waals surface area contributed by atoms with E-state index in [2.05, 4.69) is 38.4 Å². The van der Waals surface area contributed by atoms with Crippen molar-refractivity contribution in [2.75, 3.05) is 36.9 Å². The van der Waals surface area contributed by atoms with Crippen LogP contribution in [-0.4, -0.2) is 66.4 Å². The second-order valence-corrected chi connectivity index (χ2v) is 14.1. The smallest absolute Gasteiger partial charge is 0.372 e. The van der Waals surface area contributed by atoms with Crippen molar-refractivity contribution in [3.63, 3.8) is 0 Å². The summed E-state index contributed by atoms with van der Waals surface area (Å²) in [5.41, 5.74) is 2.76. The summed E-state index contributed by atoms with van der Waals surface area (Å²) in [6.07, 6.45) is 0.150. The standard InChI is InChI=1S/C19H19ClN2O2.C19H18F3N3O2/c20-15-3-1-2-14(8-15)18(23)22-16-6-4-13(5-7-16)9-19-10-17(11-24-19)21-12-19;20-19(21,22)16-7-13(5-6-23-16)17(26)25-14-3-1-12(2-4-14)8-18-9-15(10-27-18)24-11-18/h1-8,17,21H,9-12H2,(H,22,23);1-7,15,24H,8-11H2,(H,25,26)/t17-,19-;15-,18-/m11/s1. The molecule has 0 unspecified atom stereocenters. The van der Waals surface area contributed by atoms with Crippen LogP contribution in [0.25, 0.3) is 0 Å². The maximum absolute atomic E-state index is 12.7. The van der Waals surface area contributed by atoms with Crippen molar-refractivity contribution >= 4 is 34.8 Å². The Morgan fingerprint density at radius 2 is 1.27 bits per heavy atom. The van der Waals surface area contributed by atoms with E-state index in [0.717, 1.165) is 75.5 Å². The molecule has 0 spiro atoms. The summed E-state index contributed by atoms with van der Waals surface area (Å²) in [4.78, 5) is 27.7. The van der Waals surface area contributed by atoms with Crippen molar-refractivity contribution < 1.29 is 32.2 Å². The zero-order chi connectivity index (χ0) is 35.6. The molecule has 4 aromatic rings. The number of benzene rings is 3. The molecular formula is C38H37ClF3N5O4. The third kappa shape index (κ3) is 8.43. The first-order valence-electron chi connectivity index (χ1n) is 16.8. The highest BCUT2D eigenvalue weighted by Gasteiger charge is 2.47. The lowest BCUT2D eigenvalue weighted by Gasteiger charge is -2.26. The predicted octanol–water partition coefficient (Wildman–Crippen LogP) is 6.29. The van der Waals surface area contributed by atoms with Crippen molar-refractivity contribution in [2.45, 2.75) is 55.1 Å². The minimum atomic E-state index is -4.59. The fraction of sp³-hybridized carbons (Fsp3) is 0.342. The Labute approximate surface area is 298 Å². The van der Waals surface area contributed by atoms with Gasteiger partial charge in [0.25, 0.3) is 11.8 Å². The number of hydrogen-bond donors (Lipinski definition) is 4. The van der Waals surface area contributed by atoms with E-state index in [9.17, 15) is 22.8 Å². The van der Waals surface area contributed by atoms with Crippen LogP contribution in [0.4, 0.5) is 24.5 Å². The molecule has 4 bridgehead atoms. The molecule has 4 fully saturated rings. The number of alkyl halides is 3. The van der Waals surface area contributed by atoms with Gasteiger partial charge in [0.05, 0.1) is 24.4 Å². The molecule has 266 valence electrons. The minimum absolute atomic E-state index is 0.0454. The Kier molecular flexibility index (Phi) is 9.88. The van der Waals surface area contributed by atoms with Gasteiger partial charge < -0.3 is 30.7 Å². The van der Waals surface area contributed by atoms with Crippen LogP contribution < -0.4 is 21.3 Å². The number of carbonyl (C=O) groups excluding carboxylic acids is 2. The van der Waals surface area contributed by atoms with Gasteiger partial charge in [0.2, 0.25) is 0 Å². The second-order valence-electron chi connectivity index (χ2n) is 13.6. The van der Waals surface area contributed by atoms with Crippen molar-refractivity contribution in [3.05, 3.63) is 124 Å². The predicted molar refractivity (Wildman–Crippen MR) is 187 cm³/mol. The molecule has 4 atom stereocenters. The average Bonchev–Trinajstić information content (AvgIpc) is 3.92. The number of anilines is 2. The number of carbonyl (C=O) groups is 2. The van der Waals surface area contributed by atoms with E-state index >= 15 is 0 Å². The summed E-state index contributed by atoms with van der Waals surface area (Å²) < 4.78 is 50.0. The van der Waals surface area contributed by atoms with Gasteiger partial charge in [-0.25, -0.2) is 0 Å². The number of aromatic nitrogens is 1. The van der Waals surface area contributed by atoms with Crippen molar-refractivity contribution in [1.29, 1.82) is 0 Å². The maximum Gasteiger partial charge on any atom is 0.433 e. The third-order valence-corrected chi connectivity index (χ3v) is 9.95. The summed E-state index contributed by atoms with van der Waals surface area (Å²) >= 11 is 5.93. The van der Waals surface area contributed by atoms with E-state index in [0.29, 0.717) is 28.4 Å². The van der Waals surface area contributed by atoms with Crippen LogP contribution in [-0.2, 0) is 28.5 Å². The van der Waals surface area contributed by atoms with Gasteiger partial charge in [-0.05, 0) is 78.6 Å². The van der Waals surface area contributed by atoms with Crippen LogP contribution in [0, 0.1) is 0 Å². The van der Waals surface area contributed by atoms with Crippen LogP contribution in [0.15, 0.2) is 91.1 Å². The van der Waals surface area contributed by atoms with Gasteiger partial charge in [-0.2, -0.15) is 13.2 Å². The topological polar surface area (TPSA) is 114 Å². The minimum Gasteiger partial charge on any atom is -0.372 e. The second kappa shape index (κ2) is 14.4. The molecule has 4 saturated heterocycles. The molecule has 0 radical (unpaired) electrons. The lowest BCUT2D eigenvalue weighted by atomic mass is 9.93. The van der Waals surface area contributed by atoms with Crippen LogP contribution >= 0.6 is 11.6 Å². The molecule has 4 aliphatic heterocycles. The van der Waals surface area contributed by atoms with Crippen LogP contribution in [0.1, 0.15) is 50.4 Å². The summed E-state index contributed by atoms with van der Waals surface area (Å²) in [5.74, 6) is -0.776. The quantitative estimate of drug-likeness (QED) is 0.169. The van der Waals surface area contributed by atoms with Crippen molar-refractivity contribution in [3.8, 4) is 0 Å². The SMILES string of the molecule is O=C(Nc1ccc(C[C@@]23CN[C@@H](CO2)C3)cc1)c1cccc(Cl)c1.O=C(Nc1ccc(C[C@@]23CN[C@@H](CO2)C3)cc1)c1ccnc(C(F)(F)F)c1. The van der Waals surface area contributed by atoms with Crippen molar-refractivity contribution in [2.24, 2.45) is 0 Å². The average molecular weight is 720 g/mol. The molecule has 13 heteroatoms. The molecule has 0 aliphatic carbocycles. The largest absolute Gasteiger partial charge is 0.433 e. The third-order valence-electron chi connectivity index (χ3n) is 9.72. The van der Waals surface area contributed by atoms with E-state index < -0.39 is 17.8 Å². The zero-order valence-corrected chi connectivity index (χ0v) is 28.3. The number of pyridine rings is 1. The van der Waals surface area contributed by atoms with Gasteiger partial charge in [0.1, 0.15) is 5.69 Å². The van der Waals surface area contributed by atoms with E-state index in [-0.39, 0.29) is 22.7 Å². The van der Waals surface area contributed by atoms with Gasteiger partial charge in [-0.3, -0.25) is 14.6 Å². The Morgan fingerprint density at radius 1 is 0.765 bits per heavy atom. The molecule has 9 nitrogen and oxygen atoms in total.